The number of sulfonamides is 1. The highest BCUT2D eigenvalue weighted by atomic mass is 32.2. The molecule has 6 nitrogen and oxygen atoms in total. The largest absolute Gasteiger partial charge is 0.487 e. The van der Waals surface area contributed by atoms with E-state index in [1.807, 2.05) is 58.0 Å². The van der Waals surface area contributed by atoms with Crippen molar-refractivity contribution in [2.75, 3.05) is 10.6 Å². The summed E-state index contributed by atoms with van der Waals surface area (Å²) in [5, 5.41) is 3.05. The van der Waals surface area contributed by atoms with E-state index in [1.165, 1.54) is 4.31 Å². The summed E-state index contributed by atoms with van der Waals surface area (Å²) in [6, 6.07) is 11.8. The Kier molecular flexibility index (Phi) is 5.87. The summed E-state index contributed by atoms with van der Waals surface area (Å²) in [5.74, 6) is 0.386. The molecule has 0 spiro atoms. The number of amides is 1. The summed E-state index contributed by atoms with van der Waals surface area (Å²) in [6.45, 7) is 9.45. The van der Waals surface area contributed by atoms with E-state index in [9.17, 15) is 13.2 Å². The fourth-order valence-corrected chi connectivity index (χ4v) is 5.06. The van der Waals surface area contributed by atoms with Gasteiger partial charge in [0.2, 0.25) is 15.9 Å². The second kappa shape index (κ2) is 7.95. The van der Waals surface area contributed by atoms with E-state index in [0.29, 0.717) is 12.1 Å². The maximum atomic E-state index is 13.2. The molecule has 0 aromatic heterocycles. The Morgan fingerprint density at radius 3 is 2.47 bits per heavy atom. The van der Waals surface area contributed by atoms with E-state index >= 15 is 0 Å². The smallest absolute Gasteiger partial charge is 0.244 e. The van der Waals surface area contributed by atoms with Crippen molar-refractivity contribution >= 4 is 21.6 Å². The average Bonchev–Trinajstić information content (AvgIpc) is 2.62. The van der Waals surface area contributed by atoms with Gasteiger partial charge in [-0.15, -0.1) is 0 Å². The lowest BCUT2D eigenvalue weighted by Crippen LogP contribution is -2.50. The predicted octanol–water partition coefficient (Wildman–Crippen LogP) is 3.88. The van der Waals surface area contributed by atoms with Crippen LogP contribution in [0.15, 0.2) is 42.5 Å². The van der Waals surface area contributed by atoms with Crippen molar-refractivity contribution in [2.24, 2.45) is 0 Å². The van der Waals surface area contributed by atoms with Gasteiger partial charge in [0, 0.05) is 12.0 Å². The van der Waals surface area contributed by atoms with Crippen molar-refractivity contribution < 1.29 is 17.9 Å². The minimum Gasteiger partial charge on any atom is -0.487 e. The van der Waals surface area contributed by atoms with Crippen LogP contribution in [0.1, 0.15) is 49.9 Å². The van der Waals surface area contributed by atoms with Crippen molar-refractivity contribution in [1.82, 2.24) is 5.32 Å². The Balaban J connectivity index is 1.90. The molecule has 0 radical (unpaired) electrons. The molecule has 1 aliphatic heterocycles. The van der Waals surface area contributed by atoms with Crippen LogP contribution in [0.4, 0.5) is 5.69 Å². The number of carbonyl (C=O) groups is 1. The first-order chi connectivity index (χ1) is 13.9. The first-order valence-electron chi connectivity index (χ1n) is 10.0. The van der Waals surface area contributed by atoms with E-state index < -0.39 is 21.7 Å². The Labute approximate surface area is 179 Å². The third-order valence-corrected chi connectivity index (χ3v) is 6.77. The van der Waals surface area contributed by atoms with Gasteiger partial charge in [0.15, 0.2) is 0 Å². The molecule has 0 unspecified atom stereocenters. The van der Waals surface area contributed by atoms with Gasteiger partial charge in [-0.1, -0.05) is 24.3 Å². The average molecular weight is 431 g/mol. The van der Waals surface area contributed by atoms with Crippen molar-refractivity contribution in [2.45, 2.75) is 58.7 Å². The monoisotopic (exact) mass is 430 g/mol. The molecule has 7 heteroatoms. The number of aryl methyl sites for hydroxylation is 2. The summed E-state index contributed by atoms with van der Waals surface area (Å²) in [4.78, 5) is 13.2. The van der Waals surface area contributed by atoms with E-state index in [2.05, 4.69) is 5.32 Å². The van der Waals surface area contributed by atoms with Gasteiger partial charge in [0.25, 0.3) is 0 Å². The molecule has 1 amide bonds. The van der Waals surface area contributed by atoms with Crippen LogP contribution in [0.5, 0.6) is 5.75 Å². The second-order valence-electron chi connectivity index (χ2n) is 8.67. The van der Waals surface area contributed by atoms with Gasteiger partial charge < -0.3 is 10.1 Å². The molecule has 1 heterocycles. The third kappa shape index (κ3) is 4.61. The molecule has 0 saturated carbocycles. The van der Waals surface area contributed by atoms with Crippen LogP contribution < -0.4 is 14.4 Å². The topological polar surface area (TPSA) is 75.7 Å². The molecule has 2 aromatic rings. The number of ether oxygens (including phenoxy) is 1. The molecule has 1 aliphatic rings. The molecule has 0 bridgehead atoms. The highest BCUT2D eigenvalue weighted by Gasteiger charge is 2.36. The van der Waals surface area contributed by atoms with Crippen LogP contribution in [0, 0.1) is 13.8 Å². The zero-order valence-corrected chi connectivity index (χ0v) is 19.2. The first kappa shape index (κ1) is 22.2. The Morgan fingerprint density at radius 2 is 1.83 bits per heavy atom. The molecule has 1 N–H and O–H groups in total. The van der Waals surface area contributed by atoms with Gasteiger partial charge in [-0.05, 0) is 63.9 Å². The molecular weight excluding hydrogens is 400 g/mol. The zero-order valence-electron chi connectivity index (χ0n) is 18.4. The predicted molar refractivity (Wildman–Crippen MR) is 119 cm³/mol. The number of hydrogen-bond acceptors (Lipinski definition) is 4. The van der Waals surface area contributed by atoms with Crippen LogP contribution in [-0.2, 0) is 14.8 Å². The molecule has 0 fully saturated rings. The van der Waals surface area contributed by atoms with Gasteiger partial charge in [-0.2, -0.15) is 0 Å². The zero-order chi connectivity index (χ0) is 22.3. The summed E-state index contributed by atoms with van der Waals surface area (Å²) >= 11 is 0. The molecule has 30 heavy (non-hydrogen) atoms. The fourth-order valence-electron chi connectivity index (χ4n) is 3.89. The molecule has 0 saturated heterocycles. The molecule has 2 atom stereocenters. The van der Waals surface area contributed by atoms with Crippen molar-refractivity contribution in [1.29, 1.82) is 0 Å². The second-order valence-corrected chi connectivity index (χ2v) is 10.5. The maximum Gasteiger partial charge on any atom is 0.244 e. The van der Waals surface area contributed by atoms with Crippen LogP contribution in [0.2, 0.25) is 0 Å². The van der Waals surface area contributed by atoms with Crippen LogP contribution >= 0.6 is 0 Å². The number of benzene rings is 2. The van der Waals surface area contributed by atoms with Gasteiger partial charge in [0.05, 0.1) is 18.0 Å². The number of rotatable bonds is 5. The lowest BCUT2D eigenvalue weighted by molar-refractivity contribution is -0.123. The number of para-hydroxylation sites is 1. The van der Waals surface area contributed by atoms with E-state index in [4.69, 9.17) is 4.74 Å². The fraction of sp³-hybridized carbons (Fsp3) is 0.435. The summed E-state index contributed by atoms with van der Waals surface area (Å²) in [7, 11) is -3.67. The summed E-state index contributed by atoms with van der Waals surface area (Å²) in [6.07, 6.45) is 1.71. The first-order valence-corrected chi connectivity index (χ1v) is 11.9. The van der Waals surface area contributed by atoms with Gasteiger partial charge in [-0.25, -0.2) is 8.42 Å². The van der Waals surface area contributed by atoms with E-state index in [1.54, 1.807) is 19.1 Å². The highest BCUT2D eigenvalue weighted by molar-refractivity contribution is 7.92. The maximum absolute atomic E-state index is 13.2. The van der Waals surface area contributed by atoms with Crippen LogP contribution in [0.25, 0.3) is 0 Å². The normalized spacial score (nSPS) is 18.7. The molecule has 0 aliphatic carbocycles. The van der Waals surface area contributed by atoms with Crippen molar-refractivity contribution in [3.63, 3.8) is 0 Å². The number of anilines is 1. The van der Waals surface area contributed by atoms with Crippen LogP contribution in [0.3, 0.4) is 0 Å². The molecule has 2 aromatic carbocycles. The third-order valence-electron chi connectivity index (χ3n) is 5.53. The summed E-state index contributed by atoms with van der Waals surface area (Å²) in [5.41, 5.74) is 2.96. The van der Waals surface area contributed by atoms with Crippen molar-refractivity contribution in [3.8, 4) is 5.75 Å². The quantitative estimate of drug-likeness (QED) is 0.781. The SMILES string of the molecule is Cc1ccc(N([C@@H](C)C(=O)N[C@H]2CC(C)(C)Oc3ccccc32)S(C)(=O)=O)cc1C. The number of carbonyl (C=O) groups excluding carboxylic acids is 1. The van der Waals surface area contributed by atoms with Gasteiger partial charge in [-0.3, -0.25) is 9.10 Å². The number of nitrogens with zero attached hydrogens (tertiary/aromatic N) is 1. The van der Waals surface area contributed by atoms with Gasteiger partial charge >= 0.3 is 0 Å². The molecule has 3 rings (SSSR count). The number of nitrogens with one attached hydrogen (secondary N) is 1. The van der Waals surface area contributed by atoms with E-state index in [0.717, 1.165) is 28.7 Å². The van der Waals surface area contributed by atoms with Crippen LogP contribution in [-0.4, -0.2) is 32.2 Å². The lowest BCUT2D eigenvalue weighted by atomic mass is 9.89. The highest BCUT2D eigenvalue weighted by Crippen LogP contribution is 2.39. The standard InChI is InChI=1S/C23H30N2O4S/c1-15-11-12-18(13-16(15)2)25(30(6,27)28)17(3)22(26)24-20-14-23(4,5)29-21-10-8-7-9-19(20)21/h7-13,17,20H,14H2,1-6H3,(H,24,26)/t17-,20-/m0/s1. The molecular formula is C23H30N2O4S. The summed E-state index contributed by atoms with van der Waals surface area (Å²) < 4.78 is 32.4. The van der Waals surface area contributed by atoms with E-state index in [-0.39, 0.29) is 11.9 Å². The number of fused-ring (bicyclic) bond motifs is 1. The molecule has 162 valence electrons. The number of hydrogen-bond donors (Lipinski definition) is 1. The minimum absolute atomic E-state index is 0.263. The Hall–Kier alpha value is -2.54. The lowest BCUT2D eigenvalue weighted by Gasteiger charge is -2.38. The minimum atomic E-state index is -3.67. The van der Waals surface area contributed by atoms with Crippen molar-refractivity contribution in [3.05, 3.63) is 59.2 Å². The van der Waals surface area contributed by atoms with Gasteiger partial charge in [0.1, 0.15) is 17.4 Å². The Bertz CT molecular complexity index is 1060. The Morgan fingerprint density at radius 1 is 1.17 bits per heavy atom.